The van der Waals surface area contributed by atoms with Crippen LogP contribution in [0.2, 0.25) is 0 Å². The van der Waals surface area contributed by atoms with Crippen molar-refractivity contribution in [3.8, 4) is 0 Å². The standard InChI is InChI=1S/C22H28FN3O5S/c1-21(2,3)26-32(29,30)16-10-7-14(8-11-16)19(27)24-15-9-12-17(23)18(13-15)25-20(28)31-22(4,5)6/h7-13,26H,1-6H3,(H,24,27)(H,25,28). The van der Waals surface area contributed by atoms with Gasteiger partial charge in [0.2, 0.25) is 10.0 Å². The van der Waals surface area contributed by atoms with Gasteiger partial charge in [0.1, 0.15) is 11.4 Å². The zero-order valence-corrected chi connectivity index (χ0v) is 19.7. The Morgan fingerprint density at radius 2 is 1.50 bits per heavy atom. The number of halogens is 1. The van der Waals surface area contributed by atoms with Gasteiger partial charge in [-0.1, -0.05) is 0 Å². The van der Waals surface area contributed by atoms with Crippen LogP contribution in [-0.2, 0) is 14.8 Å². The summed E-state index contributed by atoms with van der Waals surface area (Å²) >= 11 is 0. The molecule has 0 bridgehead atoms. The summed E-state index contributed by atoms with van der Waals surface area (Å²) in [6.07, 6.45) is -0.833. The van der Waals surface area contributed by atoms with Crippen LogP contribution in [0.1, 0.15) is 51.9 Å². The summed E-state index contributed by atoms with van der Waals surface area (Å²) in [4.78, 5) is 24.4. The predicted molar refractivity (Wildman–Crippen MR) is 121 cm³/mol. The molecule has 0 aliphatic rings. The van der Waals surface area contributed by atoms with E-state index < -0.39 is 39.0 Å². The van der Waals surface area contributed by atoms with Crippen LogP contribution in [0.3, 0.4) is 0 Å². The molecule has 2 rings (SSSR count). The molecule has 2 aromatic rings. The Bertz CT molecular complexity index is 1100. The van der Waals surface area contributed by atoms with Crippen molar-refractivity contribution in [2.75, 3.05) is 10.6 Å². The third-order valence-corrected chi connectivity index (χ3v) is 5.50. The second kappa shape index (κ2) is 9.25. The smallest absolute Gasteiger partial charge is 0.412 e. The van der Waals surface area contributed by atoms with Crippen LogP contribution in [0.4, 0.5) is 20.6 Å². The van der Waals surface area contributed by atoms with Gasteiger partial charge in [-0.05, 0) is 84.0 Å². The SMILES string of the molecule is CC(C)(C)NS(=O)(=O)c1ccc(C(=O)Nc2ccc(F)c(NC(=O)OC(C)(C)C)c2)cc1. The third kappa shape index (κ3) is 7.61. The minimum Gasteiger partial charge on any atom is -0.444 e. The molecular formula is C22H28FN3O5S. The van der Waals surface area contributed by atoms with Gasteiger partial charge < -0.3 is 10.1 Å². The molecule has 10 heteroatoms. The maximum atomic E-state index is 14.1. The zero-order chi connectivity index (χ0) is 24.3. The van der Waals surface area contributed by atoms with Crippen molar-refractivity contribution in [2.24, 2.45) is 0 Å². The molecule has 0 saturated heterocycles. The molecule has 3 N–H and O–H groups in total. The highest BCUT2D eigenvalue weighted by atomic mass is 32.2. The van der Waals surface area contributed by atoms with Crippen molar-refractivity contribution >= 4 is 33.4 Å². The predicted octanol–water partition coefficient (Wildman–Crippen LogP) is 4.50. The second-order valence-corrected chi connectivity index (χ2v) is 10.8. The number of carbonyl (C=O) groups excluding carboxylic acids is 2. The van der Waals surface area contributed by atoms with E-state index in [-0.39, 0.29) is 21.8 Å². The Kier molecular flexibility index (Phi) is 7.31. The topological polar surface area (TPSA) is 114 Å². The molecule has 2 amide bonds. The van der Waals surface area contributed by atoms with E-state index in [0.29, 0.717) is 0 Å². The Morgan fingerprint density at radius 1 is 0.906 bits per heavy atom. The molecule has 0 aromatic heterocycles. The van der Waals surface area contributed by atoms with Crippen molar-refractivity contribution in [1.29, 1.82) is 0 Å². The van der Waals surface area contributed by atoms with Gasteiger partial charge in [-0.25, -0.2) is 22.3 Å². The summed E-state index contributed by atoms with van der Waals surface area (Å²) in [5.41, 5.74) is -1.14. The fourth-order valence-electron chi connectivity index (χ4n) is 2.56. The Hall–Kier alpha value is -2.98. The number of sulfonamides is 1. The van der Waals surface area contributed by atoms with E-state index in [1.165, 1.54) is 36.4 Å². The molecule has 0 heterocycles. The van der Waals surface area contributed by atoms with Gasteiger partial charge in [-0.15, -0.1) is 0 Å². The molecule has 0 atom stereocenters. The zero-order valence-electron chi connectivity index (χ0n) is 18.9. The maximum absolute atomic E-state index is 14.1. The van der Waals surface area contributed by atoms with E-state index in [2.05, 4.69) is 15.4 Å². The van der Waals surface area contributed by atoms with Crippen LogP contribution in [-0.4, -0.2) is 31.6 Å². The molecule has 0 saturated carbocycles. The fourth-order valence-corrected chi connectivity index (χ4v) is 3.98. The van der Waals surface area contributed by atoms with Crippen molar-refractivity contribution in [3.63, 3.8) is 0 Å². The largest absolute Gasteiger partial charge is 0.444 e. The highest BCUT2D eigenvalue weighted by Gasteiger charge is 2.22. The molecule has 32 heavy (non-hydrogen) atoms. The number of hydrogen-bond donors (Lipinski definition) is 3. The van der Waals surface area contributed by atoms with Crippen molar-refractivity contribution < 1.29 is 27.1 Å². The number of carbonyl (C=O) groups is 2. The van der Waals surface area contributed by atoms with Gasteiger partial charge >= 0.3 is 6.09 Å². The first-order chi connectivity index (χ1) is 14.6. The van der Waals surface area contributed by atoms with Gasteiger partial charge in [0, 0.05) is 16.8 Å². The van der Waals surface area contributed by atoms with Crippen LogP contribution in [0.25, 0.3) is 0 Å². The first-order valence-electron chi connectivity index (χ1n) is 9.81. The molecule has 2 aromatic carbocycles. The summed E-state index contributed by atoms with van der Waals surface area (Å²) in [6, 6.07) is 9.07. The van der Waals surface area contributed by atoms with E-state index in [1.54, 1.807) is 41.5 Å². The molecule has 0 unspecified atom stereocenters. The average molecular weight is 466 g/mol. The average Bonchev–Trinajstić information content (AvgIpc) is 2.61. The van der Waals surface area contributed by atoms with Gasteiger partial charge in [0.15, 0.2) is 0 Å². The van der Waals surface area contributed by atoms with Crippen LogP contribution in [0, 0.1) is 5.82 Å². The lowest BCUT2D eigenvalue weighted by molar-refractivity contribution is 0.0635. The van der Waals surface area contributed by atoms with E-state index in [1.807, 2.05) is 0 Å². The molecule has 0 radical (unpaired) electrons. The number of rotatable bonds is 5. The van der Waals surface area contributed by atoms with E-state index in [0.717, 1.165) is 6.07 Å². The second-order valence-electron chi connectivity index (χ2n) is 9.16. The molecule has 0 aliphatic heterocycles. The summed E-state index contributed by atoms with van der Waals surface area (Å²) in [6.45, 7) is 10.2. The summed E-state index contributed by atoms with van der Waals surface area (Å²) in [5.74, 6) is -1.23. The van der Waals surface area contributed by atoms with Gasteiger partial charge in [0.25, 0.3) is 5.91 Å². The number of amides is 2. The lowest BCUT2D eigenvalue weighted by Crippen LogP contribution is -2.40. The molecule has 0 spiro atoms. The Morgan fingerprint density at radius 3 is 2.03 bits per heavy atom. The van der Waals surface area contributed by atoms with Crippen molar-refractivity contribution in [3.05, 3.63) is 53.8 Å². The van der Waals surface area contributed by atoms with Crippen LogP contribution >= 0.6 is 0 Å². The first-order valence-corrected chi connectivity index (χ1v) is 11.3. The van der Waals surface area contributed by atoms with Gasteiger partial charge in [-0.2, -0.15) is 0 Å². The first kappa shape index (κ1) is 25.3. The van der Waals surface area contributed by atoms with E-state index >= 15 is 0 Å². The van der Waals surface area contributed by atoms with Crippen molar-refractivity contribution in [2.45, 2.75) is 57.6 Å². The van der Waals surface area contributed by atoms with Crippen LogP contribution in [0.5, 0.6) is 0 Å². The molecule has 0 fully saturated rings. The van der Waals surface area contributed by atoms with Gasteiger partial charge in [-0.3, -0.25) is 10.1 Å². The summed E-state index contributed by atoms with van der Waals surface area (Å²) < 4.78 is 46.4. The highest BCUT2D eigenvalue weighted by molar-refractivity contribution is 7.89. The Balaban J connectivity index is 2.13. The lowest BCUT2D eigenvalue weighted by Gasteiger charge is -2.20. The van der Waals surface area contributed by atoms with Gasteiger partial charge in [0.05, 0.1) is 10.6 Å². The minimum absolute atomic E-state index is 0.0228. The number of nitrogens with one attached hydrogen (secondary N) is 3. The molecule has 8 nitrogen and oxygen atoms in total. The minimum atomic E-state index is -3.73. The van der Waals surface area contributed by atoms with E-state index in [4.69, 9.17) is 4.74 Å². The quantitative estimate of drug-likeness (QED) is 0.602. The number of anilines is 2. The molecule has 174 valence electrons. The summed E-state index contributed by atoms with van der Waals surface area (Å²) in [5, 5.41) is 4.88. The number of ether oxygens (including phenoxy) is 1. The normalized spacial score (nSPS) is 12.2. The highest BCUT2D eigenvalue weighted by Crippen LogP contribution is 2.22. The maximum Gasteiger partial charge on any atom is 0.412 e. The Labute approximate surface area is 187 Å². The number of hydrogen-bond acceptors (Lipinski definition) is 5. The van der Waals surface area contributed by atoms with Crippen LogP contribution < -0.4 is 15.4 Å². The van der Waals surface area contributed by atoms with Crippen LogP contribution in [0.15, 0.2) is 47.4 Å². The van der Waals surface area contributed by atoms with E-state index in [9.17, 15) is 22.4 Å². The monoisotopic (exact) mass is 465 g/mol. The number of benzene rings is 2. The molecule has 0 aliphatic carbocycles. The lowest BCUT2D eigenvalue weighted by atomic mass is 10.1. The summed E-state index contributed by atoms with van der Waals surface area (Å²) in [7, 11) is -3.73. The fraction of sp³-hybridized carbons (Fsp3) is 0.364. The molecular weight excluding hydrogens is 437 g/mol. The van der Waals surface area contributed by atoms with Crippen molar-refractivity contribution in [1.82, 2.24) is 4.72 Å². The third-order valence-electron chi connectivity index (χ3n) is 3.73.